The zero-order valence-electron chi connectivity index (χ0n) is 19.9. The van der Waals surface area contributed by atoms with Crippen molar-refractivity contribution < 1.29 is 14.3 Å². The molecule has 5 aromatic rings. The molecule has 4 aromatic carbocycles. The number of hydrogen-bond donors (Lipinski definition) is 2. The summed E-state index contributed by atoms with van der Waals surface area (Å²) >= 11 is 3.56. The number of aryl methyl sites for hydroxylation is 1. The molecule has 2 N–H and O–H groups in total. The van der Waals surface area contributed by atoms with E-state index in [2.05, 4.69) is 31.4 Å². The number of fused-ring (bicyclic) bond motifs is 1. The van der Waals surface area contributed by atoms with E-state index in [1.165, 1.54) is 6.21 Å². The Hall–Kier alpha value is -4.49. The first kappa shape index (κ1) is 24.2. The van der Waals surface area contributed by atoms with Crippen LogP contribution < -0.4 is 10.2 Å². The van der Waals surface area contributed by atoms with E-state index in [1.807, 2.05) is 61.5 Å². The molecule has 0 radical (unpaired) electrons. The Kier molecular flexibility index (Phi) is 6.96. The Morgan fingerprint density at radius 2 is 1.68 bits per heavy atom. The van der Waals surface area contributed by atoms with Crippen molar-refractivity contribution in [1.29, 1.82) is 0 Å². The van der Waals surface area contributed by atoms with Gasteiger partial charge >= 0.3 is 5.97 Å². The molecule has 0 saturated carbocycles. The van der Waals surface area contributed by atoms with Gasteiger partial charge in [-0.05, 0) is 58.7 Å². The van der Waals surface area contributed by atoms with E-state index in [0.29, 0.717) is 22.6 Å². The average molecular weight is 552 g/mol. The number of hydrazone groups is 1. The number of halogens is 1. The van der Waals surface area contributed by atoms with Crippen molar-refractivity contribution >= 4 is 44.9 Å². The monoisotopic (exact) mass is 551 g/mol. The summed E-state index contributed by atoms with van der Waals surface area (Å²) in [5.41, 5.74) is 7.49. The maximum absolute atomic E-state index is 13.2. The summed E-state index contributed by atoms with van der Waals surface area (Å²) in [4.78, 5) is 29.1. The second-order valence-electron chi connectivity index (χ2n) is 8.40. The number of carbonyl (C=O) groups excluding carboxylic acids is 2. The highest BCUT2D eigenvalue weighted by atomic mass is 79.9. The van der Waals surface area contributed by atoms with Gasteiger partial charge < -0.3 is 9.72 Å². The van der Waals surface area contributed by atoms with Gasteiger partial charge in [-0.25, -0.2) is 10.2 Å². The van der Waals surface area contributed by atoms with Crippen molar-refractivity contribution in [1.82, 2.24) is 10.4 Å². The van der Waals surface area contributed by atoms with Crippen LogP contribution in [0.2, 0.25) is 0 Å². The molecule has 37 heavy (non-hydrogen) atoms. The largest absolute Gasteiger partial charge is 0.422 e. The van der Waals surface area contributed by atoms with E-state index in [1.54, 1.807) is 42.5 Å². The maximum Gasteiger partial charge on any atom is 0.343 e. The van der Waals surface area contributed by atoms with Gasteiger partial charge in [-0.2, -0.15) is 5.10 Å². The lowest BCUT2D eigenvalue weighted by molar-refractivity contribution is 0.0734. The fourth-order valence-electron chi connectivity index (χ4n) is 4.08. The van der Waals surface area contributed by atoms with E-state index < -0.39 is 11.9 Å². The molecule has 0 bridgehead atoms. The van der Waals surface area contributed by atoms with Crippen LogP contribution in [-0.4, -0.2) is 23.1 Å². The Morgan fingerprint density at radius 3 is 2.49 bits per heavy atom. The number of para-hydroxylation sites is 2. The summed E-state index contributed by atoms with van der Waals surface area (Å²) in [6, 6.07) is 29.7. The van der Waals surface area contributed by atoms with Crippen LogP contribution in [0.1, 0.15) is 32.0 Å². The second kappa shape index (κ2) is 10.6. The lowest BCUT2D eigenvalue weighted by Crippen LogP contribution is -2.19. The number of aromatic nitrogens is 1. The number of hydrogen-bond acceptors (Lipinski definition) is 4. The number of esters is 1. The van der Waals surface area contributed by atoms with Crippen LogP contribution in [0, 0.1) is 6.92 Å². The summed E-state index contributed by atoms with van der Waals surface area (Å²) < 4.78 is 6.46. The molecule has 0 saturated heterocycles. The first-order valence-corrected chi connectivity index (χ1v) is 12.4. The Bertz CT molecular complexity index is 1640. The lowest BCUT2D eigenvalue weighted by Gasteiger charge is -2.08. The minimum absolute atomic E-state index is 0.339. The topological polar surface area (TPSA) is 83.5 Å². The van der Waals surface area contributed by atoms with Gasteiger partial charge in [0.2, 0.25) is 0 Å². The zero-order chi connectivity index (χ0) is 25.8. The Balaban J connectivity index is 1.40. The van der Waals surface area contributed by atoms with Crippen molar-refractivity contribution in [2.24, 2.45) is 5.10 Å². The number of nitrogens with one attached hydrogen (secondary N) is 2. The van der Waals surface area contributed by atoms with Crippen LogP contribution in [0.3, 0.4) is 0 Å². The predicted octanol–water partition coefficient (Wildman–Crippen LogP) is 6.89. The third-order valence-corrected chi connectivity index (χ3v) is 6.48. The van der Waals surface area contributed by atoms with Crippen molar-refractivity contribution in [3.05, 3.63) is 124 Å². The maximum atomic E-state index is 13.2. The minimum Gasteiger partial charge on any atom is -0.422 e. The number of rotatable bonds is 6. The van der Waals surface area contributed by atoms with Crippen LogP contribution in [0.4, 0.5) is 0 Å². The van der Waals surface area contributed by atoms with Gasteiger partial charge in [0.1, 0.15) is 11.4 Å². The van der Waals surface area contributed by atoms with Crippen LogP contribution >= 0.6 is 15.9 Å². The van der Waals surface area contributed by atoms with E-state index in [0.717, 1.165) is 32.1 Å². The molecular weight excluding hydrogens is 530 g/mol. The van der Waals surface area contributed by atoms with Crippen LogP contribution in [0.5, 0.6) is 5.75 Å². The molecule has 0 aliphatic carbocycles. The number of benzene rings is 4. The highest BCUT2D eigenvalue weighted by molar-refractivity contribution is 9.10. The number of amides is 1. The molecule has 0 aliphatic heterocycles. The van der Waals surface area contributed by atoms with E-state index in [9.17, 15) is 9.59 Å². The minimum atomic E-state index is -0.468. The summed E-state index contributed by atoms with van der Waals surface area (Å²) in [7, 11) is 0. The number of aromatic amines is 1. The normalized spacial score (nSPS) is 11.1. The van der Waals surface area contributed by atoms with Crippen molar-refractivity contribution in [2.45, 2.75) is 6.92 Å². The molecule has 0 atom stereocenters. The summed E-state index contributed by atoms with van der Waals surface area (Å²) in [5.74, 6) is -0.524. The molecule has 182 valence electrons. The smallest absolute Gasteiger partial charge is 0.343 e. The molecule has 0 aliphatic rings. The fraction of sp³-hybridized carbons (Fsp3) is 0.0333. The van der Waals surface area contributed by atoms with Gasteiger partial charge in [0.15, 0.2) is 0 Å². The van der Waals surface area contributed by atoms with Gasteiger partial charge in [0, 0.05) is 21.0 Å². The van der Waals surface area contributed by atoms with Crippen LogP contribution in [0.15, 0.2) is 107 Å². The summed E-state index contributed by atoms with van der Waals surface area (Å²) in [6.45, 7) is 1.91. The summed E-state index contributed by atoms with van der Waals surface area (Å²) in [6.07, 6.45) is 1.46. The van der Waals surface area contributed by atoms with Crippen molar-refractivity contribution in [3.63, 3.8) is 0 Å². The number of carbonyl (C=O) groups is 2. The van der Waals surface area contributed by atoms with Gasteiger partial charge in [-0.15, -0.1) is 0 Å². The van der Waals surface area contributed by atoms with Gasteiger partial charge in [-0.1, -0.05) is 72.3 Å². The molecular formula is C30H22BrN3O3. The standard InChI is InChI=1S/C30H22BrN3O3/c1-19-9-7-13-21(17-19)30(36)37-25-16-6-5-12-22(25)18-32-34-29(35)28-26(20-10-3-2-4-11-20)23-14-8-15-24(31)27(23)33-28/h2-18,33H,1H3,(H,34,35). The molecule has 0 unspecified atom stereocenters. The lowest BCUT2D eigenvalue weighted by atomic mass is 10.0. The Labute approximate surface area is 222 Å². The second-order valence-corrected chi connectivity index (χ2v) is 9.25. The quantitative estimate of drug-likeness (QED) is 0.104. The molecule has 1 heterocycles. The first-order valence-electron chi connectivity index (χ1n) is 11.6. The number of H-pyrrole nitrogens is 1. The van der Waals surface area contributed by atoms with E-state index in [-0.39, 0.29) is 0 Å². The van der Waals surface area contributed by atoms with E-state index >= 15 is 0 Å². The van der Waals surface area contributed by atoms with Gasteiger partial charge in [0.05, 0.1) is 17.3 Å². The SMILES string of the molecule is Cc1cccc(C(=O)Oc2ccccc2C=NNC(=O)c2[nH]c3c(Br)cccc3c2-c2ccccc2)c1. The Morgan fingerprint density at radius 1 is 0.919 bits per heavy atom. The predicted molar refractivity (Wildman–Crippen MR) is 149 cm³/mol. The first-order chi connectivity index (χ1) is 18.0. The highest BCUT2D eigenvalue weighted by Gasteiger charge is 2.20. The summed E-state index contributed by atoms with van der Waals surface area (Å²) in [5, 5.41) is 5.07. The van der Waals surface area contributed by atoms with Crippen LogP contribution in [0.25, 0.3) is 22.0 Å². The third-order valence-electron chi connectivity index (χ3n) is 5.82. The van der Waals surface area contributed by atoms with Gasteiger partial charge in [0.25, 0.3) is 5.91 Å². The van der Waals surface area contributed by atoms with Crippen molar-refractivity contribution in [3.8, 4) is 16.9 Å². The van der Waals surface area contributed by atoms with Crippen molar-refractivity contribution in [2.75, 3.05) is 0 Å². The van der Waals surface area contributed by atoms with Gasteiger partial charge in [-0.3, -0.25) is 4.79 Å². The molecule has 1 amide bonds. The third kappa shape index (κ3) is 5.22. The molecule has 7 heteroatoms. The molecule has 0 fully saturated rings. The zero-order valence-corrected chi connectivity index (χ0v) is 21.5. The molecule has 6 nitrogen and oxygen atoms in total. The highest BCUT2D eigenvalue weighted by Crippen LogP contribution is 2.35. The number of nitrogens with zero attached hydrogens (tertiary/aromatic N) is 1. The average Bonchev–Trinajstić information content (AvgIpc) is 3.31. The fourth-order valence-corrected chi connectivity index (χ4v) is 4.55. The van der Waals surface area contributed by atoms with E-state index in [4.69, 9.17) is 4.74 Å². The van der Waals surface area contributed by atoms with Crippen LogP contribution in [-0.2, 0) is 0 Å². The number of ether oxygens (including phenoxy) is 1. The molecule has 0 spiro atoms. The molecule has 5 rings (SSSR count). The molecule has 1 aromatic heterocycles.